The standard InChI is InChI=1S/C16H15N3O/c1-11-8-16(20)19(10-14(11)17)9-12-6-7-18-15-5-3-2-4-13(12)15/h2-8,10H,9,17H2,1H3. The second kappa shape index (κ2) is 4.81. The molecule has 3 aromatic rings. The number of aromatic nitrogens is 2. The lowest BCUT2D eigenvalue weighted by Gasteiger charge is -2.10. The van der Waals surface area contributed by atoms with E-state index in [1.54, 1.807) is 23.0 Å². The SMILES string of the molecule is Cc1cc(=O)n(Cc2ccnc3ccccc23)cc1N. The fraction of sp³-hybridized carbons (Fsp3) is 0.125. The molecule has 3 rings (SSSR count). The molecule has 0 fully saturated rings. The lowest BCUT2D eigenvalue weighted by molar-refractivity contribution is 0.763. The average Bonchev–Trinajstić information content (AvgIpc) is 2.45. The first kappa shape index (κ1) is 12.4. The van der Waals surface area contributed by atoms with Crippen LogP contribution in [0.5, 0.6) is 0 Å². The minimum atomic E-state index is -0.0439. The van der Waals surface area contributed by atoms with E-state index >= 15 is 0 Å². The van der Waals surface area contributed by atoms with Crippen molar-refractivity contribution in [3.8, 4) is 0 Å². The van der Waals surface area contributed by atoms with Crippen LogP contribution in [0.25, 0.3) is 10.9 Å². The second-order valence-electron chi connectivity index (χ2n) is 4.87. The highest BCUT2D eigenvalue weighted by molar-refractivity contribution is 5.81. The third kappa shape index (κ3) is 2.16. The molecule has 0 aliphatic carbocycles. The Morgan fingerprint density at radius 2 is 2.05 bits per heavy atom. The number of benzene rings is 1. The Morgan fingerprint density at radius 3 is 2.90 bits per heavy atom. The van der Waals surface area contributed by atoms with E-state index in [1.165, 1.54) is 0 Å². The van der Waals surface area contributed by atoms with E-state index in [2.05, 4.69) is 4.98 Å². The lowest BCUT2D eigenvalue weighted by Crippen LogP contribution is -2.20. The third-order valence-corrected chi connectivity index (χ3v) is 3.45. The summed E-state index contributed by atoms with van der Waals surface area (Å²) in [6.07, 6.45) is 3.47. The monoisotopic (exact) mass is 265 g/mol. The molecule has 4 heteroatoms. The van der Waals surface area contributed by atoms with Gasteiger partial charge in [0.25, 0.3) is 5.56 Å². The Balaban J connectivity index is 2.10. The summed E-state index contributed by atoms with van der Waals surface area (Å²) in [5.74, 6) is 0. The Labute approximate surface area is 116 Å². The number of nitrogens with zero attached hydrogens (tertiary/aromatic N) is 2. The fourth-order valence-corrected chi connectivity index (χ4v) is 2.28. The Morgan fingerprint density at radius 1 is 1.25 bits per heavy atom. The van der Waals surface area contributed by atoms with E-state index in [0.717, 1.165) is 22.0 Å². The van der Waals surface area contributed by atoms with Gasteiger partial charge in [-0.25, -0.2) is 0 Å². The van der Waals surface area contributed by atoms with Gasteiger partial charge >= 0.3 is 0 Å². The van der Waals surface area contributed by atoms with Crippen molar-refractivity contribution >= 4 is 16.6 Å². The van der Waals surface area contributed by atoms with Crippen molar-refractivity contribution in [1.82, 2.24) is 9.55 Å². The lowest BCUT2D eigenvalue weighted by atomic mass is 10.1. The van der Waals surface area contributed by atoms with Gasteiger partial charge in [-0.15, -0.1) is 0 Å². The summed E-state index contributed by atoms with van der Waals surface area (Å²) < 4.78 is 1.63. The van der Waals surface area contributed by atoms with Crippen molar-refractivity contribution < 1.29 is 0 Å². The quantitative estimate of drug-likeness (QED) is 0.773. The first-order valence-electron chi connectivity index (χ1n) is 6.44. The van der Waals surface area contributed by atoms with Crippen LogP contribution in [0, 0.1) is 6.92 Å². The van der Waals surface area contributed by atoms with E-state index in [1.807, 2.05) is 37.3 Å². The maximum absolute atomic E-state index is 12.0. The molecule has 100 valence electrons. The molecule has 4 nitrogen and oxygen atoms in total. The van der Waals surface area contributed by atoms with Gasteiger partial charge in [0.05, 0.1) is 17.7 Å². The highest BCUT2D eigenvalue weighted by Crippen LogP contribution is 2.17. The first-order chi connectivity index (χ1) is 9.65. The van der Waals surface area contributed by atoms with Gasteiger partial charge in [0.2, 0.25) is 0 Å². The van der Waals surface area contributed by atoms with Crippen molar-refractivity contribution in [2.75, 3.05) is 5.73 Å². The number of rotatable bonds is 2. The van der Waals surface area contributed by atoms with Crippen molar-refractivity contribution in [1.29, 1.82) is 0 Å². The van der Waals surface area contributed by atoms with Gasteiger partial charge in [0.1, 0.15) is 0 Å². The Kier molecular flexibility index (Phi) is 2.99. The smallest absolute Gasteiger partial charge is 0.251 e. The summed E-state index contributed by atoms with van der Waals surface area (Å²) >= 11 is 0. The molecule has 0 aliphatic rings. The number of pyridine rings is 2. The second-order valence-corrected chi connectivity index (χ2v) is 4.87. The molecular weight excluding hydrogens is 250 g/mol. The molecule has 0 amide bonds. The zero-order valence-electron chi connectivity index (χ0n) is 11.2. The number of fused-ring (bicyclic) bond motifs is 1. The Bertz CT molecular complexity index is 831. The zero-order chi connectivity index (χ0) is 14.1. The fourth-order valence-electron chi connectivity index (χ4n) is 2.28. The molecule has 0 saturated heterocycles. The van der Waals surface area contributed by atoms with Crippen LogP contribution >= 0.6 is 0 Å². The van der Waals surface area contributed by atoms with Crippen LogP contribution in [0.1, 0.15) is 11.1 Å². The molecule has 2 aromatic heterocycles. The van der Waals surface area contributed by atoms with E-state index in [4.69, 9.17) is 5.73 Å². The molecule has 0 radical (unpaired) electrons. The third-order valence-electron chi connectivity index (χ3n) is 3.45. The van der Waals surface area contributed by atoms with E-state index in [-0.39, 0.29) is 5.56 Å². The van der Waals surface area contributed by atoms with Crippen LogP contribution in [0.4, 0.5) is 5.69 Å². The van der Waals surface area contributed by atoms with Crippen LogP contribution in [0.2, 0.25) is 0 Å². The zero-order valence-corrected chi connectivity index (χ0v) is 11.2. The van der Waals surface area contributed by atoms with Gasteiger partial charge in [-0.05, 0) is 30.2 Å². The van der Waals surface area contributed by atoms with Crippen molar-refractivity contribution in [3.63, 3.8) is 0 Å². The molecule has 0 bridgehead atoms. The van der Waals surface area contributed by atoms with Crippen LogP contribution in [0.3, 0.4) is 0 Å². The molecule has 0 atom stereocenters. The number of hydrogen-bond acceptors (Lipinski definition) is 3. The van der Waals surface area contributed by atoms with E-state index in [9.17, 15) is 4.79 Å². The molecule has 0 spiro atoms. The molecule has 0 unspecified atom stereocenters. The van der Waals surface area contributed by atoms with Crippen molar-refractivity contribution in [3.05, 3.63) is 70.3 Å². The Hall–Kier alpha value is -2.62. The van der Waals surface area contributed by atoms with Crippen LogP contribution in [0.15, 0.2) is 53.6 Å². The summed E-state index contributed by atoms with van der Waals surface area (Å²) in [4.78, 5) is 16.3. The highest BCUT2D eigenvalue weighted by atomic mass is 16.1. The minimum absolute atomic E-state index is 0.0439. The number of hydrogen-bond donors (Lipinski definition) is 1. The van der Waals surface area contributed by atoms with Gasteiger partial charge in [-0.1, -0.05) is 18.2 Å². The average molecular weight is 265 g/mol. The highest BCUT2D eigenvalue weighted by Gasteiger charge is 2.05. The normalized spacial score (nSPS) is 10.8. The topological polar surface area (TPSA) is 60.9 Å². The van der Waals surface area contributed by atoms with Crippen LogP contribution in [-0.2, 0) is 6.54 Å². The largest absolute Gasteiger partial charge is 0.397 e. The van der Waals surface area contributed by atoms with Crippen molar-refractivity contribution in [2.45, 2.75) is 13.5 Å². The van der Waals surface area contributed by atoms with Gasteiger partial charge in [-0.2, -0.15) is 0 Å². The number of para-hydroxylation sites is 1. The van der Waals surface area contributed by atoms with Crippen LogP contribution < -0.4 is 11.3 Å². The molecule has 20 heavy (non-hydrogen) atoms. The number of nitrogens with two attached hydrogens (primary N) is 1. The maximum atomic E-state index is 12.0. The summed E-state index contributed by atoms with van der Waals surface area (Å²) in [5.41, 5.74) is 9.26. The summed E-state index contributed by atoms with van der Waals surface area (Å²) in [5, 5.41) is 1.06. The summed E-state index contributed by atoms with van der Waals surface area (Å²) in [7, 11) is 0. The van der Waals surface area contributed by atoms with Gasteiger partial charge in [0, 0.05) is 23.8 Å². The van der Waals surface area contributed by atoms with Gasteiger partial charge in [-0.3, -0.25) is 9.78 Å². The van der Waals surface area contributed by atoms with Crippen molar-refractivity contribution in [2.24, 2.45) is 0 Å². The number of aryl methyl sites for hydroxylation is 1. The van der Waals surface area contributed by atoms with E-state index in [0.29, 0.717) is 12.2 Å². The number of anilines is 1. The predicted molar refractivity (Wildman–Crippen MR) is 80.7 cm³/mol. The van der Waals surface area contributed by atoms with E-state index < -0.39 is 0 Å². The molecule has 1 aromatic carbocycles. The summed E-state index contributed by atoms with van der Waals surface area (Å²) in [6, 6.07) is 11.4. The van der Waals surface area contributed by atoms with Gasteiger partial charge < -0.3 is 10.3 Å². The minimum Gasteiger partial charge on any atom is -0.397 e. The van der Waals surface area contributed by atoms with Gasteiger partial charge in [0.15, 0.2) is 0 Å². The van der Waals surface area contributed by atoms with Crippen LogP contribution in [-0.4, -0.2) is 9.55 Å². The number of nitrogen functional groups attached to an aromatic ring is 1. The molecule has 2 N–H and O–H groups in total. The maximum Gasteiger partial charge on any atom is 0.251 e. The predicted octanol–water partition coefficient (Wildman–Crippen LogP) is 2.34. The molecule has 0 aliphatic heterocycles. The first-order valence-corrected chi connectivity index (χ1v) is 6.44. The summed E-state index contributed by atoms with van der Waals surface area (Å²) in [6.45, 7) is 2.33. The molecule has 2 heterocycles. The molecular formula is C16H15N3O. The molecule has 0 saturated carbocycles.